The molecule has 29 heavy (non-hydrogen) atoms. The average Bonchev–Trinajstić information content (AvgIpc) is 2.74. The second kappa shape index (κ2) is 10.8. The maximum absolute atomic E-state index is 12.2. The van der Waals surface area contributed by atoms with Gasteiger partial charge in [-0.2, -0.15) is 8.78 Å². The van der Waals surface area contributed by atoms with Crippen molar-refractivity contribution in [3.05, 3.63) is 66.7 Å². The molecule has 0 aliphatic carbocycles. The van der Waals surface area contributed by atoms with E-state index in [0.717, 1.165) is 36.0 Å². The molecule has 0 bridgehead atoms. The largest absolute Gasteiger partial charge is 0.435 e. The number of hydrogen-bond donors (Lipinski definition) is 0. The number of ether oxygens (including phenoxy) is 3. The van der Waals surface area contributed by atoms with Crippen LogP contribution in [0.3, 0.4) is 0 Å². The van der Waals surface area contributed by atoms with Gasteiger partial charge in [0, 0.05) is 11.5 Å². The summed E-state index contributed by atoms with van der Waals surface area (Å²) in [6, 6.07) is 14.2. The normalized spacial score (nSPS) is 18.7. The molecule has 1 aliphatic heterocycles. The monoisotopic (exact) mass is 398 g/mol. The molecule has 1 fully saturated rings. The smallest absolute Gasteiger partial charge is 0.387 e. The van der Waals surface area contributed by atoms with Crippen LogP contribution in [0.2, 0.25) is 0 Å². The fraction of sp³-hybridized carbons (Fsp3) is 0.333. The van der Waals surface area contributed by atoms with Crippen molar-refractivity contribution in [2.24, 2.45) is 5.92 Å². The molecule has 1 heterocycles. The summed E-state index contributed by atoms with van der Waals surface area (Å²) in [5, 5.41) is 0. The van der Waals surface area contributed by atoms with Crippen molar-refractivity contribution in [3.8, 4) is 28.7 Å². The molecule has 0 amide bonds. The molecule has 0 atom stereocenters. The first-order valence-electron chi connectivity index (χ1n) is 9.65. The van der Waals surface area contributed by atoms with Crippen LogP contribution in [-0.4, -0.2) is 26.1 Å². The SMILES string of the molecule is C=CCCCC1COC(C#Cc2ccc(-c3ccc(OC(F)F)cc3)cc2)OC1. The lowest BCUT2D eigenvalue weighted by Crippen LogP contribution is -2.31. The van der Waals surface area contributed by atoms with E-state index in [4.69, 9.17) is 9.47 Å². The minimum atomic E-state index is -2.82. The van der Waals surface area contributed by atoms with Gasteiger partial charge in [0.1, 0.15) is 5.75 Å². The van der Waals surface area contributed by atoms with Crippen LogP contribution in [0, 0.1) is 17.8 Å². The predicted octanol–water partition coefficient (Wildman–Crippen LogP) is 5.65. The maximum atomic E-state index is 12.2. The van der Waals surface area contributed by atoms with Crippen LogP contribution in [0.4, 0.5) is 8.78 Å². The Hall–Kier alpha value is -2.68. The van der Waals surface area contributed by atoms with Crippen LogP contribution in [0.25, 0.3) is 11.1 Å². The van der Waals surface area contributed by atoms with Crippen molar-refractivity contribution < 1.29 is 23.0 Å². The van der Waals surface area contributed by atoms with Gasteiger partial charge in [-0.3, -0.25) is 0 Å². The number of alkyl halides is 2. The molecule has 152 valence electrons. The van der Waals surface area contributed by atoms with Crippen LogP contribution in [0.15, 0.2) is 61.2 Å². The third kappa shape index (κ3) is 6.70. The standard InChI is InChI=1S/C24H24F2O3/c1-2-3-4-5-19-16-27-23(28-17-19)15-8-18-6-9-20(10-7-18)21-11-13-22(14-12-21)29-24(25)26/h2,6-7,9-14,19,23-24H,1,3-5,16-17H2. The van der Waals surface area contributed by atoms with Gasteiger partial charge in [-0.1, -0.05) is 36.3 Å². The minimum absolute atomic E-state index is 0.140. The van der Waals surface area contributed by atoms with Gasteiger partial charge in [0.15, 0.2) is 0 Å². The third-order valence-electron chi connectivity index (χ3n) is 4.62. The second-order valence-corrected chi connectivity index (χ2v) is 6.83. The van der Waals surface area contributed by atoms with Crippen molar-refractivity contribution >= 4 is 0 Å². The molecule has 1 aliphatic rings. The predicted molar refractivity (Wildman–Crippen MR) is 109 cm³/mol. The fourth-order valence-corrected chi connectivity index (χ4v) is 3.06. The molecule has 0 saturated carbocycles. The van der Waals surface area contributed by atoms with Crippen LogP contribution in [0.5, 0.6) is 5.75 Å². The van der Waals surface area contributed by atoms with E-state index in [-0.39, 0.29) is 5.75 Å². The van der Waals surface area contributed by atoms with E-state index in [1.54, 1.807) is 12.1 Å². The Kier molecular flexibility index (Phi) is 7.80. The van der Waals surface area contributed by atoms with Gasteiger partial charge in [0.2, 0.25) is 6.29 Å². The Bertz CT molecular complexity index is 827. The van der Waals surface area contributed by atoms with E-state index in [2.05, 4.69) is 23.2 Å². The maximum Gasteiger partial charge on any atom is 0.387 e. The van der Waals surface area contributed by atoms with E-state index in [1.165, 1.54) is 12.1 Å². The summed E-state index contributed by atoms with van der Waals surface area (Å²) < 4.78 is 40.2. The van der Waals surface area contributed by atoms with Gasteiger partial charge < -0.3 is 14.2 Å². The first kappa shape index (κ1) is 21.0. The Balaban J connectivity index is 1.52. The van der Waals surface area contributed by atoms with E-state index < -0.39 is 12.9 Å². The van der Waals surface area contributed by atoms with E-state index in [0.29, 0.717) is 19.1 Å². The molecular weight excluding hydrogens is 374 g/mol. The summed E-state index contributed by atoms with van der Waals surface area (Å²) in [6.07, 6.45) is 4.63. The first-order valence-corrected chi connectivity index (χ1v) is 9.65. The zero-order valence-electron chi connectivity index (χ0n) is 16.2. The molecule has 3 nitrogen and oxygen atoms in total. The van der Waals surface area contributed by atoms with Crippen molar-refractivity contribution in [2.75, 3.05) is 13.2 Å². The number of benzene rings is 2. The lowest BCUT2D eigenvalue weighted by Gasteiger charge is -2.26. The number of allylic oxidation sites excluding steroid dienone is 1. The molecule has 2 aromatic carbocycles. The Morgan fingerprint density at radius 1 is 1.03 bits per heavy atom. The molecule has 0 aromatic heterocycles. The topological polar surface area (TPSA) is 27.7 Å². The quantitative estimate of drug-likeness (QED) is 0.343. The van der Waals surface area contributed by atoms with Crippen molar-refractivity contribution in [2.45, 2.75) is 32.2 Å². The summed E-state index contributed by atoms with van der Waals surface area (Å²) >= 11 is 0. The molecule has 3 rings (SSSR count). The average molecular weight is 398 g/mol. The minimum Gasteiger partial charge on any atom is -0.435 e. The van der Waals surface area contributed by atoms with E-state index in [9.17, 15) is 8.78 Å². The number of unbranched alkanes of at least 4 members (excludes halogenated alkanes) is 1. The molecular formula is C24H24F2O3. The molecule has 1 saturated heterocycles. The Morgan fingerprint density at radius 3 is 2.24 bits per heavy atom. The summed E-state index contributed by atoms with van der Waals surface area (Å²) in [6.45, 7) is 2.25. The Labute approximate surface area is 170 Å². The van der Waals surface area contributed by atoms with Crippen molar-refractivity contribution in [1.29, 1.82) is 0 Å². The first-order chi connectivity index (χ1) is 14.1. The van der Waals surface area contributed by atoms with Crippen molar-refractivity contribution in [3.63, 3.8) is 0 Å². The molecule has 2 aromatic rings. The molecule has 0 spiro atoms. The zero-order chi connectivity index (χ0) is 20.5. The molecule has 0 N–H and O–H groups in total. The van der Waals surface area contributed by atoms with E-state index in [1.807, 2.05) is 30.3 Å². The molecule has 0 radical (unpaired) electrons. The van der Waals surface area contributed by atoms with E-state index >= 15 is 0 Å². The highest BCUT2D eigenvalue weighted by Crippen LogP contribution is 2.23. The number of hydrogen-bond acceptors (Lipinski definition) is 3. The number of rotatable bonds is 7. The van der Waals surface area contributed by atoms with Gasteiger partial charge in [0.05, 0.1) is 13.2 Å². The summed E-state index contributed by atoms with van der Waals surface area (Å²) in [4.78, 5) is 0. The summed E-state index contributed by atoms with van der Waals surface area (Å²) in [5.74, 6) is 6.65. The zero-order valence-corrected chi connectivity index (χ0v) is 16.2. The lowest BCUT2D eigenvalue weighted by atomic mass is 10.0. The summed E-state index contributed by atoms with van der Waals surface area (Å²) in [7, 11) is 0. The summed E-state index contributed by atoms with van der Waals surface area (Å²) in [5.41, 5.74) is 2.73. The highest BCUT2D eigenvalue weighted by atomic mass is 19.3. The van der Waals surface area contributed by atoms with Crippen LogP contribution < -0.4 is 4.74 Å². The lowest BCUT2D eigenvalue weighted by molar-refractivity contribution is -0.170. The van der Waals surface area contributed by atoms with Crippen LogP contribution in [0.1, 0.15) is 24.8 Å². The molecule has 0 unspecified atom stereocenters. The molecule has 5 heteroatoms. The highest BCUT2D eigenvalue weighted by Gasteiger charge is 2.20. The second-order valence-electron chi connectivity index (χ2n) is 6.83. The van der Waals surface area contributed by atoms with Gasteiger partial charge in [-0.15, -0.1) is 6.58 Å². The van der Waals surface area contributed by atoms with Gasteiger partial charge in [-0.25, -0.2) is 0 Å². The highest BCUT2D eigenvalue weighted by molar-refractivity contribution is 5.65. The Morgan fingerprint density at radius 2 is 1.66 bits per heavy atom. The van der Waals surface area contributed by atoms with Gasteiger partial charge in [-0.05, 0) is 60.6 Å². The fourth-order valence-electron chi connectivity index (χ4n) is 3.06. The number of halogens is 2. The van der Waals surface area contributed by atoms with Crippen LogP contribution in [-0.2, 0) is 9.47 Å². The third-order valence-corrected chi connectivity index (χ3v) is 4.62. The van der Waals surface area contributed by atoms with Crippen molar-refractivity contribution in [1.82, 2.24) is 0 Å². The van der Waals surface area contributed by atoms with Gasteiger partial charge in [0.25, 0.3) is 0 Å². The van der Waals surface area contributed by atoms with Gasteiger partial charge >= 0.3 is 6.61 Å². The van der Waals surface area contributed by atoms with Crippen LogP contribution >= 0.6 is 0 Å².